The van der Waals surface area contributed by atoms with Gasteiger partial charge in [-0.15, -0.1) is 0 Å². The van der Waals surface area contributed by atoms with E-state index in [-0.39, 0.29) is 6.10 Å². The molecule has 80 valence electrons. The highest BCUT2D eigenvalue weighted by molar-refractivity contribution is 5.14. The van der Waals surface area contributed by atoms with Gasteiger partial charge in [-0.1, -0.05) is 0 Å². The summed E-state index contributed by atoms with van der Waals surface area (Å²) in [6.07, 6.45) is 2.29. The standard InChI is InChI=1S/C11H19NO2/c1-9-5-7-14-11(9)8-12(3)6-4-10(2)13/h5,7,10,13H,4,6,8H2,1-3H3. The van der Waals surface area contributed by atoms with E-state index in [9.17, 15) is 0 Å². The summed E-state index contributed by atoms with van der Waals surface area (Å²) < 4.78 is 5.34. The maximum Gasteiger partial charge on any atom is 0.120 e. The highest BCUT2D eigenvalue weighted by Gasteiger charge is 2.06. The molecule has 0 amide bonds. The third-order valence-corrected chi connectivity index (χ3v) is 2.31. The van der Waals surface area contributed by atoms with Gasteiger partial charge in [-0.3, -0.25) is 4.90 Å². The lowest BCUT2D eigenvalue weighted by molar-refractivity contribution is 0.160. The molecule has 1 atom stereocenters. The summed E-state index contributed by atoms with van der Waals surface area (Å²) in [5, 5.41) is 9.13. The van der Waals surface area contributed by atoms with E-state index in [2.05, 4.69) is 4.90 Å². The zero-order chi connectivity index (χ0) is 10.6. The van der Waals surface area contributed by atoms with Crippen molar-refractivity contribution >= 4 is 0 Å². The summed E-state index contributed by atoms with van der Waals surface area (Å²) in [6.45, 7) is 5.55. The predicted octanol–water partition coefficient (Wildman–Crippen LogP) is 1.79. The van der Waals surface area contributed by atoms with Gasteiger partial charge >= 0.3 is 0 Å². The van der Waals surface area contributed by atoms with Crippen LogP contribution in [-0.4, -0.2) is 29.7 Å². The molecular formula is C11H19NO2. The predicted molar refractivity (Wildman–Crippen MR) is 56.1 cm³/mol. The Morgan fingerprint density at radius 1 is 1.57 bits per heavy atom. The summed E-state index contributed by atoms with van der Waals surface area (Å²) >= 11 is 0. The van der Waals surface area contributed by atoms with E-state index in [1.807, 2.05) is 27.0 Å². The van der Waals surface area contributed by atoms with Gasteiger partial charge in [0, 0.05) is 6.54 Å². The molecule has 1 N–H and O–H groups in total. The number of hydrogen-bond acceptors (Lipinski definition) is 3. The normalized spacial score (nSPS) is 13.5. The van der Waals surface area contributed by atoms with Crippen molar-refractivity contribution in [1.82, 2.24) is 4.90 Å². The number of nitrogens with zero attached hydrogens (tertiary/aromatic N) is 1. The molecule has 0 aliphatic rings. The molecule has 0 bridgehead atoms. The van der Waals surface area contributed by atoms with Crippen LogP contribution >= 0.6 is 0 Å². The Hall–Kier alpha value is -0.800. The van der Waals surface area contributed by atoms with Gasteiger partial charge in [0.15, 0.2) is 0 Å². The minimum atomic E-state index is -0.227. The molecule has 0 radical (unpaired) electrons. The van der Waals surface area contributed by atoms with Crippen molar-refractivity contribution < 1.29 is 9.52 Å². The minimum absolute atomic E-state index is 0.227. The van der Waals surface area contributed by atoms with Crippen LogP contribution in [0.15, 0.2) is 16.7 Å². The van der Waals surface area contributed by atoms with E-state index in [1.54, 1.807) is 6.26 Å². The van der Waals surface area contributed by atoms with Crippen molar-refractivity contribution in [3.8, 4) is 0 Å². The highest BCUT2D eigenvalue weighted by atomic mass is 16.3. The van der Waals surface area contributed by atoms with Crippen LogP contribution in [0.2, 0.25) is 0 Å². The molecule has 1 unspecified atom stereocenters. The largest absolute Gasteiger partial charge is 0.468 e. The highest BCUT2D eigenvalue weighted by Crippen LogP contribution is 2.11. The molecule has 1 heterocycles. The summed E-state index contributed by atoms with van der Waals surface area (Å²) in [6, 6.07) is 1.97. The number of furan rings is 1. The number of hydrogen-bond donors (Lipinski definition) is 1. The Morgan fingerprint density at radius 3 is 2.79 bits per heavy atom. The van der Waals surface area contributed by atoms with E-state index in [0.29, 0.717) is 0 Å². The molecule has 0 aromatic carbocycles. The number of aryl methyl sites for hydroxylation is 1. The van der Waals surface area contributed by atoms with Crippen LogP contribution < -0.4 is 0 Å². The van der Waals surface area contributed by atoms with Crippen LogP contribution in [0.3, 0.4) is 0 Å². The van der Waals surface area contributed by atoms with Gasteiger partial charge in [0.1, 0.15) is 5.76 Å². The average Bonchev–Trinajstić information content (AvgIpc) is 2.49. The molecule has 0 spiro atoms. The van der Waals surface area contributed by atoms with Crippen molar-refractivity contribution in [3.05, 3.63) is 23.7 Å². The SMILES string of the molecule is Cc1ccoc1CN(C)CCC(C)O. The van der Waals surface area contributed by atoms with Gasteiger partial charge < -0.3 is 9.52 Å². The molecule has 14 heavy (non-hydrogen) atoms. The van der Waals surface area contributed by atoms with Gasteiger partial charge in [0.2, 0.25) is 0 Å². The first kappa shape index (κ1) is 11.3. The zero-order valence-corrected chi connectivity index (χ0v) is 9.16. The number of aliphatic hydroxyl groups is 1. The van der Waals surface area contributed by atoms with Crippen LogP contribution in [0.1, 0.15) is 24.7 Å². The molecular weight excluding hydrogens is 178 g/mol. The lowest BCUT2D eigenvalue weighted by Crippen LogP contribution is -2.22. The Kier molecular flexibility index (Phi) is 4.17. The minimum Gasteiger partial charge on any atom is -0.468 e. The Balaban J connectivity index is 2.34. The third kappa shape index (κ3) is 3.52. The van der Waals surface area contributed by atoms with E-state index in [4.69, 9.17) is 9.52 Å². The van der Waals surface area contributed by atoms with Gasteiger partial charge in [-0.25, -0.2) is 0 Å². The van der Waals surface area contributed by atoms with Crippen LogP contribution in [0.4, 0.5) is 0 Å². The van der Waals surface area contributed by atoms with Crippen molar-refractivity contribution in [2.45, 2.75) is 32.9 Å². The summed E-state index contributed by atoms with van der Waals surface area (Å²) in [7, 11) is 2.03. The smallest absolute Gasteiger partial charge is 0.120 e. The quantitative estimate of drug-likeness (QED) is 0.782. The second kappa shape index (κ2) is 5.17. The van der Waals surface area contributed by atoms with Gasteiger partial charge in [-0.2, -0.15) is 0 Å². The second-order valence-corrected chi connectivity index (χ2v) is 3.90. The maximum absolute atomic E-state index is 9.13. The molecule has 1 rings (SSSR count). The van der Waals surface area contributed by atoms with Crippen LogP contribution in [0.5, 0.6) is 0 Å². The third-order valence-electron chi connectivity index (χ3n) is 2.31. The van der Waals surface area contributed by atoms with Crippen molar-refractivity contribution in [1.29, 1.82) is 0 Å². The van der Waals surface area contributed by atoms with Crippen molar-refractivity contribution in [2.75, 3.05) is 13.6 Å². The maximum atomic E-state index is 9.13. The molecule has 1 aromatic heterocycles. The molecule has 1 aromatic rings. The number of rotatable bonds is 5. The van der Waals surface area contributed by atoms with Crippen LogP contribution in [0, 0.1) is 6.92 Å². The first-order valence-corrected chi connectivity index (χ1v) is 4.99. The zero-order valence-electron chi connectivity index (χ0n) is 9.16. The molecule has 0 saturated carbocycles. The Morgan fingerprint density at radius 2 is 2.29 bits per heavy atom. The fraction of sp³-hybridized carbons (Fsp3) is 0.636. The summed E-state index contributed by atoms with van der Waals surface area (Å²) in [4.78, 5) is 2.15. The second-order valence-electron chi connectivity index (χ2n) is 3.90. The molecule has 0 aliphatic heterocycles. The lowest BCUT2D eigenvalue weighted by atomic mass is 10.2. The van der Waals surface area contributed by atoms with Crippen molar-refractivity contribution in [2.24, 2.45) is 0 Å². The van der Waals surface area contributed by atoms with Crippen LogP contribution in [-0.2, 0) is 6.54 Å². The van der Waals surface area contributed by atoms with Crippen LogP contribution in [0.25, 0.3) is 0 Å². The molecule has 3 nitrogen and oxygen atoms in total. The van der Waals surface area contributed by atoms with E-state index in [1.165, 1.54) is 5.56 Å². The van der Waals surface area contributed by atoms with Gasteiger partial charge in [0.05, 0.1) is 18.9 Å². The first-order chi connectivity index (χ1) is 6.59. The lowest BCUT2D eigenvalue weighted by Gasteiger charge is -2.16. The molecule has 0 saturated heterocycles. The van der Waals surface area contributed by atoms with Gasteiger partial charge in [-0.05, 0) is 38.9 Å². The van der Waals surface area contributed by atoms with E-state index < -0.39 is 0 Å². The number of aliphatic hydroxyl groups excluding tert-OH is 1. The summed E-state index contributed by atoms with van der Waals surface area (Å²) in [5.74, 6) is 1.01. The average molecular weight is 197 g/mol. The fourth-order valence-corrected chi connectivity index (χ4v) is 1.30. The van der Waals surface area contributed by atoms with Gasteiger partial charge in [0.25, 0.3) is 0 Å². The van der Waals surface area contributed by atoms with E-state index >= 15 is 0 Å². The Labute approximate surface area is 85.3 Å². The molecule has 0 aliphatic carbocycles. The fourth-order valence-electron chi connectivity index (χ4n) is 1.30. The van der Waals surface area contributed by atoms with Crippen molar-refractivity contribution in [3.63, 3.8) is 0 Å². The van der Waals surface area contributed by atoms with E-state index in [0.717, 1.165) is 25.3 Å². The summed E-state index contributed by atoms with van der Waals surface area (Å²) in [5.41, 5.74) is 1.19. The molecule has 3 heteroatoms. The first-order valence-electron chi connectivity index (χ1n) is 4.99. The topological polar surface area (TPSA) is 36.6 Å². The molecule has 0 fully saturated rings. The monoisotopic (exact) mass is 197 g/mol. The Bertz CT molecular complexity index is 268.